The van der Waals surface area contributed by atoms with Crippen LogP contribution in [0, 0.1) is 5.92 Å². The minimum atomic E-state index is -0.256. The number of aromatic hydroxyl groups is 1. The van der Waals surface area contributed by atoms with Crippen LogP contribution >= 0.6 is 15.9 Å². The third-order valence-electron chi connectivity index (χ3n) is 3.51. The van der Waals surface area contributed by atoms with Gasteiger partial charge in [-0.2, -0.15) is 0 Å². The molecule has 2 rings (SSSR count). The molecular formula is C14H20BrNO2. The molecule has 1 aliphatic carbocycles. The molecule has 1 aromatic rings. The zero-order valence-electron chi connectivity index (χ0n) is 10.6. The first-order valence-electron chi connectivity index (χ1n) is 6.51. The van der Waals surface area contributed by atoms with Crippen LogP contribution in [0.15, 0.2) is 22.7 Å². The van der Waals surface area contributed by atoms with E-state index in [-0.39, 0.29) is 12.1 Å². The maximum absolute atomic E-state index is 9.90. The van der Waals surface area contributed by atoms with Crippen molar-refractivity contribution in [1.29, 1.82) is 0 Å². The summed E-state index contributed by atoms with van der Waals surface area (Å²) in [5.74, 6) is 0.782. The van der Waals surface area contributed by atoms with E-state index >= 15 is 0 Å². The molecule has 0 aromatic heterocycles. The molecule has 0 aliphatic heterocycles. The predicted molar refractivity (Wildman–Crippen MR) is 75.6 cm³/mol. The molecule has 0 spiro atoms. The smallest absolute Gasteiger partial charge is 0.120 e. The van der Waals surface area contributed by atoms with Crippen molar-refractivity contribution in [3.63, 3.8) is 0 Å². The van der Waals surface area contributed by atoms with Crippen LogP contribution in [0.5, 0.6) is 5.75 Å². The number of halogens is 1. The topological polar surface area (TPSA) is 52.5 Å². The molecule has 1 fully saturated rings. The van der Waals surface area contributed by atoms with Crippen molar-refractivity contribution in [3.8, 4) is 5.75 Å². The van der Waals surface area contributed by atoms with Crippen LogP contribution in [0.25, 0.3) is 0 Å². The maximum atomic E-state index is 9.90. The van der Waals surface area contributed by atoms with Crippen LogP contribution < -0.4 is 5.32 Å². The van der Waals surface area contributed by atoms with Crippen LogP contribution in [0.1, 0.15) is 37.8 Å². The molecule has 0 heterocycles. The molecule has 100 valence electrons. The summed E-state index contributed by atoms with van der Waals surface area (Å²) in [6, 6.07) is 5.53. The van der Waals surface area contributed by atoms with Gasteiger partial charge in [0.05, 0.1) is 6.10 Å². The highest BCUT2D eigenvalue weighted by atomic mass is 79.9. The Kier molecular flexibility index (Phi) is 4.65. The Hall–Kier alpha value is -0.580. The van der Waals surface area contributed by atoms with E-state index in [1.807, 2.05) is 12.1 Å². The standard InChI is InChI=1S/C14H20BrNO2/c1-2-12(16-8-14(18)9-3-4-9)11-7-10(15)5-6-13(11)17/h5-7,9,12,14,16-18H,2-4,8H2,1H3. The molecule has 3 nitrogen and oxygen atoms in total. The van der Waals surface area contributed by atoms with Gasteiger partial charge in [-0.25, -0.2) is 0 Å². The van der Waals surface area contributed by atoms with Gasteiger partial charge < -0.3 is 15.5 Å². The number of hydrogen-bond acceptors (Lipinski definition) is 3. The van der Waals surface area contributed by atoms with Crippen LogP contribution in [-0.4, -0.2) is 22.9 Å². The SMILES string of the molecule is CCC(NCC(O)C1CC1)c1cc(Br)ccc1O. The highest BCUT2D eigenvalue weighted by Gasteiger charge is 2.29. The van der Waals surface area contributed by atoms with E-state index < -0.39 is 0 Å². The van der Waals surface area contributed by atoms with Gasteiger partial charge in [0.1, 0.15) is 5.75 Å². The van der Waals surface area contributed by atoms with E-state index in [2.05, 4.69) is 28.2 Å². The molecule has 0 saturated heterocycles. The monoisotopic (exact) mass is 313 g/mol. The number of aliphatic hydroxyl groups excluding tert-OH is 1. The molecule has 1 aromatic carbocycles. The van der Waals surface area contributed by atoms with Crippen molar-refractivity contribution in [3.05, 3.63) is 28.2 Å². The highest BCUT2D eigenvalue weighted by Crippen LogP contribution is 2.33. The Morgan fingerprint density at radius 2 is 2.17 bits per heavy atom. The summed E-state index contributed by atoms with van der Waals surface area (Å²) in [6.45, 7) is 2.66. The quantitative estimate of drug-likeness (QED) is 0.757. The van der Waals surface area contributed by atoms with Gasteiger partial charge in [0.2, 0.25) is 0 Å². The minimum absolute atomic E-state index is 0.0795. The van der Waals surface area contributed by atoms with Crippen molar-refractivity contribution < 1.29 is 10.2 Å². The number of rotatable bonds is 6. The first-order chi connectivity index (χ1) is 8.61. The summed E-state index contributed by atoms with van der Waals surface area (Å²) in [5.41, 5.74) is 0.884. The van der Waals surface area contributed by atoms with Gasteiger partial charge in [-0.05, 0) is 43.4 Å². The van der Waals surface area contributed by atoms with E-state index in [9.17, 15) is 10.2 Å². The van der Waals surface area contributed by atoms with Gasteiger partial charge >= 0.3 is 0 Å². The first kappa shape index (κ1) is 13.8. The average molecular weight is 314 g/mol. The van der Waals surface area contributed by atoms with Crippen molar-refractivity contribution in [2.45, 2.75) is 38.3 Å². The number of benzene rings is 1. The largest absolute Gasteiger partial charge is 0.508 e. The van der Waals surface area contributed by atoms with Gasteiger partial charge in [-0.3, -0.25) is 0 Å². The van der Waals surface area contributed by atoms with Gasteiger partial charge in [-0.15, -0.1) is 0 Å². The van der Waals surface area contributed by atoms with E-state index in [1.54, 1.807) is 6.07 Å². The number of aliphatic hydroxyl groups is 1. The Morgan fingerprint density at radius 3 is 2.78 bits per heavy atom. The van der Waals surface area contributed by atoms with Crippen molar-refractivity contribution in [2.24, 2.45) is 5.92 Å². The lowest BCUT2D eigenvalue weighted by molar-refractivity contribution is 0.144. The van der Waals surface area contributed by atoms with Gasteiger partial charge in [0, 0.05) is 22.6 Å². The van der Waals surface area contributed by atoms with Crippen LogP contribution in [-0.2, 0) is 0 Å². The van der Waals surface area contributed by atoms with Crippen LogP contribution in [0.3, 0.4) is 0 Å². The molecular weight excluding hydrogens is 294 g/mol. The lowest BCUT2D eigenvalue weighted by Crippen LogP contribution is -2.31. The fourth-order valence-corrected chi connectivity index (χ4v) is 2.57. The zero-order chi connectivity index (χ0) is 13.1. The average Bonchev–Trinajstić information content (AvgIpc) is 3.18. The summed E-state index contributed by atoms with van der Waals surface area (Å²) in [6.07, 6.45) is 2.90. The molecule has 2 unspecified atom stereocenters. The summed E-state index contributed by atoms with van der Waals surface area (Å²) in [4.78, 5) is 0. The van der Waals surface area contributed by atoms with Crippen molar-refractivity contribution in [2.75, 3.05) is 6.54 Å². The molecule has 2 atom stereocenters. The van der Waals surface area contributed by atoms with E-state index in [1.165, 1.54) is 0 Å². The Balaban J connectivity index is 2.00. The fourth-order valence-electron chi connectivity index (χ4n) is 2.19. The number of phenolic OH excluding ortho intramolecular Hbond substituents is 1. The lowest BCUT2D eigenvalue weighted by Gasteiger charge is -2.21. The first-order valence-corrected chi connectivity index (χ1v) is 7.31. The molecule has 1 aliphatic rings. The zero-order valence-corrected chi connectivity index (χ0v) is 12.2. The van der Waals surface area contributed by atoms with Crippen molar-refractivity contribution >= 4 is 15.9 Å². The molecule has 0 bridgehead atoms. The van der Waals surface area contributed by atoms with E-state index in [0.717, 1.165) is 29.3 Å². The van der Waals surface area contributed by atoms with Gasteiger partial charge in [-0.1, -0.05) is 22.9 Å². The summed E-state index contributed by atoms with van der Waals surface area (Å²) >= 11 is 3.42. The summed E-state index contributed by atoms with van der Waals surface area (Å²) in [7, 11) is 0. The summed E-state index contributed by atoms with van der Waals surface area (Å²) in [5, 5.41) is 23.1. The molecule has 18 heavy (non-hydrogen) atoms. The normalized spacial score (nSPS) is 18.6. The second kappa shape index (κ2) is 6.04. The maximum Gasteiger partial charge on any atom is 0.120 e. The summed E-state index contributed by atoms with van der Waals surface area (Å²) < 4.78 is 0.957. The molecule has 0 amide bonds. The molecule has 1 saturated carbocycles. The minimum Gasteiger partial charge on any atom is -0.508 e. The fraction of sp³-hybridized carbons (Fsp3) is 0.571. The van der Waals surface area contributed by atoms with Crippen LogP contribution in [0.4, 0.5) is 0 Å². The third-order valence-corrected chi connectivity index (χ3v) is 4.01. The Morgan fingerprint density at radius 1 is 1.44 bits per heavy atom. The predicted octanol–water partition coefficient (Wildman–Crippen LogP) is 2.97. The second-order valence-corrected chi connectivity index (χ2v) is 5.89. The second-order valence-electron chi connectivity index (χ2n) is 4.98. The number of phenols is 1. The van der Waals surface area contributed by atoms with E-state index in [0.29, 0.717) is 18.2 Å². The Bertz CT molecular complexity index is 407. The van der Waals surface area contributed by atoms with Crippen molar-refractivity contribution in [1.82, 2.24) is 5.32 Å². The lowest BCUT2D eigenvalue weighted by atomic mass is 10.0. The Labute approximate surface area is 116 Å². The molecule has 0 radical (unpaired) electrons. The number of hydrogen-bond donors (Lipinski definition) is 3. The van der Waals surface area contributed by atoms with Crippen LogP contribution in [0.2, 0.25) is 0 Å². The highest BCUT2D eigenvalue weighted by molar-refractivity contribution is 9.10. The van der Waals surface area contributed by atoms with Gasteiger partial charge in [0.25, 0.3) is 0 Å². The molecule has 4 heteroatoms. The van der Waals surface area contributed by atoms with E-state index in [4.69, 9.17) is 0 Å². The molecule has 3 N–H and O–H groups in total. The third kappa shape index (κ3) is 3.46. The number of nitrogens with one attached hydrogen (secondary N) is 1. The van der Waals surface area contributed by atoms with Gasteiger partial charge in [0.15, 0.2) is 0 Å².